The molecule has 10 nitrogen and oxygen atoms in total. The second-order valence-electron chi connectivity index (χ2n) is 10.1. The minimum atomic E-state index is -0.133. The number of nitrogens with one attached hydrogen (secondary N) is 1. The lowest BCUT2D eigenvalue weighted by Crippen LogP contribution is -2.58. The number of aromatic amines is 1. The number of rotatable bonds is 5. The van der Waals surface area contributed by atoms with Crippen molar-refractivity contribution in [2.45, 2.75) is 50.5 Å². The fraction of sp³-hybridized carbons (Fsp3) is 0.609. The largest absolute Gasteiger partial charge is 0.337 e. The molecule has 174 valence electrons. The summed E-state index contributed by atoms with van der Waals surface area (Å²) >= 11 is 0. The fourth-order valence-electron chi connectivity index (χ4n) is 6.06. The molecule has 0 bridgehead atoms. The zero-order valence-electron chi connectivity index (χ0n) is 19.1. The maximum atomic E-state index is 13.0. The van der Waals surface area contributed by atoms with Crippen molar-refractivity contribution in [1.82, 2.24) is 39.9 Å². The Morgan fingerprint density at radius 1 is 1.27 bits per heavy atom. The number of carbonyl (C=O) groups is 1. The van der Waals surface area contributed by atoms with Crippen molar-refractivity contribution < 1.29 is 9.32 Å². The van der Waals surface area contributed by atoms with Crippen LogP contribution in [-0.4, -0.2) is 79.1 Å². The molecule has 0 aromatic carbocycles. The number of amides is 1. The van der Waals surface area contributed by atoms with E-state index in [-0.39, 0.29) is 23.3 Å². The van der Waals surface area contributed by atoms with Crippen molar-refractivity contribution in [3.05, 3.63) is 47.6 Å². The molecule has 1 saturated carbocycles. The lowest BCUT2D eigenvalue weighted by Gasteiger charge is -2.48. The van der Waals surface area contributed by atoms with Crippen LogP contribution in [0.2, 0.25) is 0 Å². The molecule has 1 amide bonds. The molecule has 33 heavy (non-hydrogen) atoms. The third-order valence-corrected chi connectivity index (χ3v) is 7.78. The van der Waals surface area contributed by atoms with Crippen LogP contribution in [0.5, 0.6) is 0 Å². The molecular formula is C23H30N8O2. The van der Waals surface area contributed by atoms with E-state index in [9.17, 15) is 4.79 Å². The standard InChI is InChI=1S/C23H30N8O2/c1-15(31-8-7-19(27-31)16-5-3-4-6-16)21-26-20(28-33-21)18-11-30(14-23(18)12-29(2)13-23)22(32)17-9-24-25-10-17/h7-10,15-16,18H,3-6,11-14H2,1-2H3,(H,24,25). The Morgan fingerprint density at radius 3 is 2.82 bits per heavy atom. The van der Waals surface area contributed by atoms with E-state index in [1.54, 1.807) is 12.4 Å². The Hall–Kier alpha value is -3.01. The van der Waals surface area contributed by atoms with E-state index in [0.717, 1.165) is 13.1 Å². The van der Waals surface area contributed by atoms with E-state index in [0.29, 0.717) is 36.3 Å². The molecule has 2 atom stereocenters. The van der Waals surface area contributed by atoms with Gasteiger partial charge in [-0.25, -0.2) is 0 Å². The molecule has 6 rings (SSSR count). The van der Waals surface area contributed by atoms with Gasteiger partial charge in [-0.2, -0.15) is 15.2 Å². The summed E-state index contributed by atoms with van der Waals surface area (Å²) in [4.78, 5) is 22.0. The van der Waals surface area contributed by atoms with Gasteiger partial charge in [0.05, 0.1) is 17.5 Å². The first-order valence-corrected chi connectivity index (χ1v) is 11.9. The van der Waals surface area contributed by atoms with Crippen LogP contribution in [0.1, 0.15) is 78.3 Å². The first kappa shape index (κ1) is 20.6. The highest BCUT2D eigenvalue weighted by Crippen LogP contribution is 2.48. The summed E-state index contributed by atoms with van der Waals surface area (Å²) in [5.41, 5.74) is 1.71. The van der Waals surface area contributed by atoms with Crippen molar-refractivity contribution in [2.24, 2.45) is 5.41 Å². The Labute approximate surface area is 192 Å². The van der Waals surface area contributed by atoms with Gasteiger partial charge < -0.3 is 14.3 Å². The van der Waals surface area contributed by atoms with Crippen molar-refractivity contribution in [1.29, 1.82) is 0 Å². The van der Waals surface area contributed by atoms with Gasteiger partial charge in [0.15, 0.2) is 5.82 Å². The van der Waals surface area contributed by atoms with Gasteiger partial charge >= 0.3 is 0 Å². The summed E-state index contributed by atoms with van der Waals surface area (Å²) in [6.07, 6.45) is 10.3. The average Bonchev–Trinajstić information content (AvgIpc) is 3.60. The summed E-state index contributed by atoms with van der Waals surface area (Å²) in [6.45, 7) is 5.14. The van der Waals surface area contributed by atoms with E-state index in [1.807, 2.05) is 22.7 Å². The highest BCUT2D eigenvalue weighted by atomic mass is 16.5. The topological polar surface area (TPSA) is 109 Å². The molecule has 3 fully saturated rings. The van der Waals surface area contributed by atoms with E-state index >= 15 is 0 Å². The molecule has 2 aliphatic heterocycles. The van der Waals surface area contributed by atoms with Gasteiger partial charge in [-0.1, -0.05) is 18.0 Å². The lowest BCUT2D eigenvalue weighted by atomic mass is 9.71. The van der Waals surface area contributed by atoms with Gasteiger partial charge in [-0.3, -0.25) is 14.6 Å². The van der Waals surface area contributed by atoms with Crippen LogP contribution >= 0.6 is 0 Å². The normalized spacial score (nSPS) is 23.9. The minimum absolute atomic E-state index is 0.00625. The molecule has 3 aliphatic rings. The SMILES string of the molecule is CC(c1nc(C2CN(C(=O)c3cn[nH]c3)CC23CN(C)C3)no1)n1ccc(C2CCCC2)n1. The zero-order chi connectivity index (χ0) is 22.6. The molecule has 1 spiro atoms. The van der Waals surface area contributed by atoms with Gasteiger partial charge in [0.1, 0.15) is 6.04 Å². The van der Waals surface area contributed by atoms with Crippen molar-refractivity contribution in [3.63, 3.8) is 0 Å². The summed E-state index contributed by atoms with van der Waals surface area (Å²) in [7, 11) is 2.10. The molecule has 0 radical (unpaired) electrons. The number of hydrogen-bond donors (Lipinski definition) is 1. The molecule has 2 unspecified atom stereocenters. The Bertz CT molecular complexity index is 1120. The Balaban J connectivity index is 1.22. The van der Waals surface area contributed by atoms with Crippen LogP contribution in [0.4, 0.5) is 0 Å². The molecule has 2 saturated heterocycles. The molecular weight excluding hydrogens is 420 g/mol. The first-order valence-electron chi connectivity index (χ1n) is 11.9. The Morgan fingerprint density at radius 2 is 2.09 bits per heavy atom. The lowest BCUT2D eigenvalue weighted by molar-refractivity contribution is 0.0158. The van der Waals surface area contributed by atoms with Gasteiger partial charge in [0.25, 0.3) is 11.8 Å². The highest BCUT2D eigenvalue weighted by Gasteiger charge is 2.56. The first-order chi connectivity index (χ1) is 16.0. The third kappa shape index (κ3) is 3.47. The Kier molecular flexibility index (Phi) is 4.86. The van der Waals surface area contributed by atoms with E-state index in [1.165, 1.54) is 31.4 Å². The monoisotopic (exact) mass is 450 g/mol. The second-order valence-corrected chi connectivity index (χ2v) is 10.1. The van der Waals surface area contributed by atoms with Crippen LogP contribution in [-0.2, 0) is 0 Å². The van der Waals surface area contributed by atoms with E-state index < -0.39 is 0 Å². The summed E-state index contributed by atoms with van der Waals surface area (Å²) < 4.78 is 7.66. The second kappa shape index (κ2) is 7.79. The average molecular weight is 451 g/mol. The quantitative estimate of drug-likeness (QED) is 0.636. The highest BCUT2D eigenvalue weighted by molar-refractivity contribution is 5.94. The van der Waals surface area contributed by atoms with Crippen molar-refractivity contribution in [3.8, 4) is 0 Å². The number of carbonyl (C=O) groups excluding carboxylic acids is 1. The molecule has 10 heteroatoms. The number of likely N-dealkylation sites (tertiary alicyclic amines) is 2. The van der Waals surface area contributed by atoms with Crippen molar-refractivity contribution >= 4 is 5.91 Å². The van der Waals surface area contributed by atoms with E-state index in [4.69, 9.17) is 14.6 Å². The molecule has 3 aromatic rings. The van der Waals surface area contributed by atoms with Gasteiger partial charge in [0.2, 0.25) is 0 Å². The van der Waals surface area contributed by atoms with Crippen LogP contribution in [0, 0.1) is 5.41 Å². The number of hydrogen-bond acceptors (Lipinski definition) is 7. The maximum absolute atomic E-state index is 13.0. The van der Waals surface area contributed by atoms with Gasteiger partial charge in [-0.15, -0.1) is 0 Å². The number of nitrogens with zero attached hydrogens (tertiary/aromatic N) is 7. The summed E-state index contributed by atoms with van der Waals surface area (Å²) in [5, 5.41) is 15.9. The van der Waals surface area contributed by atoms with Crippen LogP contribution in [0.25, 0.3) is 0 Å². The smallest absolute Gasteiger partial charge is 0.257 e. The van der Waals surface area contributed by atoms with Crippen LogP contribution in [0.15, 0.2) is 29.2 Å². The van der Waals surface area contributed by atoms with E-state index in [2.05, 4.69) is 33.4 Å². The minimum Gasteiger partial charge on any atom is -0.337 e. The fourth-order valence-corrected chi connectivity index (χ4v) is 6.06. The summed E-state index contributed by atoms with van der Waals surface area (Å²) in [5.74, 6) is 1.86. The molecule has 3 aromatic heterocycles. The maximum Gasteiger partial charge on any atom is 0.257 e. The molecule has 1 aliphatic carbocycles. The van der Waals surface area contributed by atoms with Gasteiger partial charge in [0, 0.05) is 55.8 Å². The van der Waals surface area contributed by atoms with Crippen molar-refractivity contribution in [2.75, 3.05) is 33.2 Å². The van der Waals surface area contributed by atoms with Crippen LogP contribution in [0.3, 0.4) is 0 Å². The number of H-pyrrole nitrogens is 1. The number of aromatic nitrogens is 6. The summed E-state index contributed by atoms with van der Waals surface area (Å²) in [6, 6.07) is 1.99. The third-order valence-electron chi connectivity index (χ3n) is 7.78. The molecule has 5 heterocycles. The van der Waals surface area contributed by atoms with Gasteiger partial charge in [-0.05, 0) is 32.9 Å². The predicted octanol–water partition coefficient (Wildman–Crippen LogP) is 2.43. The zero-order valence-corrected chi connectivity index (χ0v) is 19.1. The predicted molar refractivity (Wildman–Crippen MR) is 119 cm³/mol. The van der Waals surface area contributed by atoms with Crippen LogP contribution < -0.4 is 0 Å². The molecule has 1 N–H and O–H groups in total.